The Labute approximate surface area is 166 Å². The van der Waals surface area contributed by atoms with Crippen molar-refractivity contribution >= 4 is 57.4 Å². The summed E-state index contributed by atoms with van der Waals surface area (Å²) in [4.78, 5) is -0.527. The van der Waals surface area contributed by atoms with Crippen LogP contribution in [-0.4, -0.2) is 30.1 Å². The lowest BCUT2D eigenvalue weighted by atomic mass is 9.54. The van der Waals surface area contributed by atoms with E-state index in [1.165, 1.54) is 0 Å². The second-order valence-corrected chi connectivity index (χ2v) is 12.3. The molecular formula is C17H21Cl4NOS. The molecule has 1 aliphatic carbocycles. The molecular weight excluding hydrogens is 408 g/mol. The van der Waals surface area contributed by atoms with Crippen LogP contribution in [0.3, 0.4) is 0 Å². The summed E-state index contributed by atoms with van der Waals surface area (Å²) in [6.45, 7) is 8.43. The van der Waals surface area contributed by atoms with Crippen LogP contribution in [0.4, 0.5) is 0 Å². The Morgan fingerprint density at radius 2 is 1.38 bits per heavy atom. The lowest BCUT2D eigenvalue weighted by Crippen LogP contribution is -2.80. The maximum absolute atomic E-state index is 13.3. The first-order chi connectivity index (χ1) is 10.8. The molecule has 2 aliphatic rings. The van der Waals surface area contributed by atoms with Crippen LogP contribution >= 0.6 is 46.4 Å². The number of benzene rings is 1. The summed E-state index contributed by atoms with van der Waals surface area (Å²) in [6.07, 6.45) is 0. The molecule has 0 amide bonds. The SMILES string of the molecule is CC1(C)C(Cl)(Cl)C(C)(C)C1(Cl)S(=O)N1CC(Cl)(c2ccccc2)C1. The van der Waals surface area contributed by atoms with Crippen LogP contribution in [0.1, 0.15) is 33.3 Å². The first-order valence-electron chi connectivity index (χ1n) is 7.81. The van der Waals surface area contributed by atoms with Crippen LogP contribution in [0.25, 0.3) is 0 Å². The van der Waals surface area contributed by atoms with Gasteiger partial charge in [0.25, 0.3) is 0 Å². The molecule has 0 radical (unpaired) electrons. The van der Waals surface area contributed by atoms with E-state index in [1.807, 2.05) is 62.3 Å². The fraction of sp³-hybridized carbons (Fsp3) is 0.647. The Balaban J connectivity index is 1.83. The number of hydrogen-bond acceptors (Lipinski definition) is 1. The van der Waals surface area contributed by atoms with Gasteiger partial charge < -0.3 is 0 Å². The van der Waals surface area contributed by atoms with Gasteiger partial charge in [0, 0.05) is 23.9 Å². The molecule has 1 saturated heterocycles. The summed E-state index contributed by atoms with van der Waals surface area (Å²) >= 11 is 26.7. The minimum absolute atomic E-state index is 0.476. The third kappa shape index (κ3) is 2.09. The van der Waals surface area contributed by atoms with Crippen molar-refractivity contribution in [1.82, 2.24) is 4.31 Å². The Bertz CT molecular complexity index is 665. The Kier molecular flexibility index (Phi) is 4.41. The van der Waals surface area contributed by atoms with Crippen LogP contribution < -0.4 is 0 Å². The molecule has 2 nitrogen and oxygen atoms in total. The highest BCUT2D eigenvalue weighted by atomic mass is 35.5. The lowest BCUT2D eigenvalue weighted by molar-refractivity contribution is -0.0200. The first kappa shape index (κ1) is 19.3. The zero-order chi connectivity index (χ0) is 18.2. The third-order valence-electron chi connectivity index (χ3n) is 5.80. The van der Waals surface area contributed by atoms with Gasteiger partial charge in [-0.2, -0.15) is 0 Å². The number of alkyl halides is 4. The number of halogens is 4. The summed E-state index contributed by atoms with van der Waals surface area (Å²) in [5.41, 5.74) is -0.396. The van der Waals surface area contributed by atoms with Crippen molar-refractivity contribution in [3.63, 3.8) is 0 Å². The van der Waals surface area contributed by atoms with E-state index < -0.39 is 35.2 Å². The normalized spacial score (nSPS) is 30.0. The van der Waals surface area contributed by atoms with Gasteiger partial charge in [0.1, 0.15) is 19.5 Å². The largest absolute Gasteiger partial charge is 0.241 e. The molecule has 134 valence electrons. The third-order valence-corrected chi connectivity index (χ3v) is 11.7. The molecule has 24 heavy (non-hydrogen) atoms. The number of rotatable bonds is 3. The van der Waals surface area contributed by atoms with Crippen molar-refractivity contribution in [3.8, 4) is 0 Å². The molecule has 1 atom stereocenters. The van der Waals surface area contributed by atoms with Gasteiger partial charge in [0.2, 0.25) is 0 Å². The molecule has 0 aromatic heterocycles. The van der Waals surface area contributed by atoms with Crippen molar-refractivity contribution in [2.24, 2.45) is 10.8 Å². The van der Waals surface area contributed by atoms with E-state index in [4.69, 9.17) is 46.4 Å². The molecule has 0 bridgehead atoms. The summed E-state index contributed by atoms with van der Waals surface area (Å²) in [5, 5.41) is 0. The summed E-state index contributed by atoms with van der Waals surface area (Å²) < 4.78 is 13.0. The molecule has 1 heterocycles. The summed E-state index contributed by atoms with van der Waals surface area (Å²) in [7, 11) is -1.46. The van der Waals surface area contributed by atoms with E-state index in [2.05, 4.69) is 0 Å². The maximum atomic E-state index is 13.3. The first-order valence-corrected chi connectivity index (χ1v) is 10.4. The quantitative estimate of drug-likeness (QED) is 0.600. The van der Waals surface area contributed by atoms with Gasteiger partial charge in [0.15, 0.2) is 0 Å². The van der Waals surface area contributed by atoms with Crippen molar-refractivity contribution in [1.29, 1.82) is 0 Å². The van der Waals surface area contributed by atoms with Gasteiger partial charge in [-0.3, -0.25) is 0 Å². The molecule has 1 aliphatic heterocycles. The Hall–Kier alpha value is 0.490. The fourth-order valence-corrected chi connectivity index (χ4v) is 8.40. The molecule has 0 N–H and O–H groups in total. The predicted molar refractivity (Wildman–Crippen MR) is 104 cm³/mol. The van der Waals surface area contributed by atoms with E-state index >= 15 is 0 Å². The minimum atomic E-state index is -1.46. The molecule has 1 saturated carbocycles. The van der Waals surface area contributed by atoms with Crippen LogP contribution in [0.2, 0.25) is 0 Å². The van der Waals surface area contributed by atoms with E-state index in [-0.39, 0.29) is 0 Å². The van der Waals surface area contributed by atoms with Crippen molar-refractivity contribution in [3.05, 3.63) is 35.9 Å². The summed E-state index contributed by atoms with van der Waals surface area (Å²) in [6, 6.07) is 9.84. The molecule has 1 unspecified atom stereocenters. The highest BCUT2D eigenvalue weighted by Crippen LogP contribution is 2.77. The summed E-state index contributed by atoms with van der Waals surface area (Å²) in [5.74, 6) is 0. The fourth-order valence-electron chi connectivity index (χ4n) is 4.07. The zero-order valence-electron chi connectivity index (χ0n) is 14.1. The van der Waals surface area contributed by atoms with E-state index in [1.54, 1.807) is 0 Å². The average Bonchev–Trinajstić information content (AvgIpc) is 2.50. The van der Waals surface area contributed by atoms with Crippen molar-refractivity contribution < 1.29 is 4.21 Å². The van der Waals surface area contributed by atoms with Crippen LogP contribution in [0.5, 0.6) is 0 Å². The molecule has 2 fully saturated rings. The van der Waals surface area contributed by atoms with Gasteiger partial charge in [-0.15, -0.1) is 46.4 Å². The zero-order valence-corrected chi connectivity index (χ0v) is 17.9. The van der Waals surface area contributed by atoms with Crippen LogP contribution in [-0.2, 0) is 15.9 Å². The second kappa shape index (κ2) is 5.50. The van der Waals surface area contributed by atoms with Crippen LogP contribution in [0, 0.1) is 10.8 Å². The topological polar surface area (TPSA) is 20.3 Å². The number of hydrogen-bond donors (Lipinski definition) is 0. The predicted octanol–water partition coefficient (Wildman–Crippen LogP) is 5.28. The monoisotopic (exact) mass is 427 g/mol. The smallest absolute Gasteiger partial charge is 0.149 e. The van der Waals surface area contributed by atoms with Crippen molar-refractivity contribution in [2.45, 2.75) is 41.1 Å². The van der Waals surface area contributed by atoms with Gasteiger partial charge in [0.05, 0.1) is 4.87 Å². The minimum Gasteiger partial charge on any atom is -0.241 e. The second-order valence-electron chi connectivity index (χ2n) is 7.80. The molecule has 7 heteroatoms. The van der Waals surface area contributed by atoms with Gasteiger partial charge in [-0.05, 0) is 5.56 Å². The van der Waals surface area contributed by atoms with E-state index in [0.29, 0.717) is 13.1 Å². The van der Waals surface area contributed by atoms with Gasteiger partial charge in [-0.1, -0.05) is 58.0 Å². The lowest BCUT2D eigenvalue weighted by Gasteiger charge is -2.71. The Morgan fingerprint density at radius 3 is 1.83 bits per heavy atom. The number of nitrogens with zero attached hydrogens (tertiary/aromatic N) is 1. The maximum Gasteiger partial charge on any atom is 0.149 e. The van der Waals surface area contributed by atoms with Crippen molar-refractivity contribution in [2.75, 3.05) is 13.1 Å². The van der Waals surface area contributed by atoms with E-state index in [9.17, 15) is 4.21 Å². The van der Waals surface area contributed by atoms with Crippen LogP contribution in [0.15, 0.2) is 30.3 Å². The van der Waals surface area contributed by atoms with E-state index in [0.717, 1.165) is 5.56 Å². The molecule has 1 aromatic carbocycles. The van der Waals surface area contributed by atoms with Gasteiger partial charge >= 0.3 is 0 Å². The molecule has 1 aromatic rings. The van der Waals surface area contributed by atoms with Gasteiger partial charge in [-0.25, -0.2) is 8.51 Å². The standard InChI is InChI=1S/C17H21Cl4NOS/c1-13(2)16(19,20)14(3,4)17(13,21)24(23)22-10-15(18,11-22)12-8-6-5-7-9-12/h5-9H,10-11H2,1-4H3. The highest BCUT2D eigenvalue weighted by Gasteiger charge is 2.83. The Morgan fingerprint density at radius 1 is 0.917 bits per heavy atom. The molecule has 0 spiro atoms. The molecule has 3 rings (SSSR count). The highest BCUT2D eigenvalue weighted by molar-refractivity contribution is 7.86. The average molecular weight is 429 g/mol.